The molecule has 0 saturated carbocycles. The summed E-state index contributed by atoms with van der Waals surface area (Å²) in [5.41, 5.74) is -17.3. The molecule has 38 heavy (non-hydrogen) atoms. The van der Waals surface area contributed by atoms with Crippen molar-refractivity contribution in [3.05, 3.63) is 56.0 Å². The van der Waals surface area contributed by atoms with Gasteiger partial charge >= 0.3 is 42.9 Å². The van der Waals surface area contributed by atoms with E-state index in [1.54, 1.807) is 0 Å². The molecule has 0 N–H and O–H groups in total. The van der Waals surface area contributed by atoms with Crippen molar-refractivity contribution in [2.75, 3.05) is 8.61 Å². The monoisotopic (exact) mass is 676 g/mol. The fraction of sp³-hybridized carbons (Fsp3) is 0.125. The molecule has 0 aliphatic rings. The second-order valence-corrected chi connectivity index (χ2v) is 11.7. The largest absolute Gasteiger partial charge is 0.517 e. The minimum absolute atomic E-state index is 0.0827. The average molecular weight is 678 g/mol. The second kappa shape index (κ2) is 10.5. The molecule has 0 bridgehead atoms. The summed E-state index contributed by atoms with van der Waals surface area (Å²) in [6.07, 6.45) is 0. The van der Waals surface area contributed by atoms with Crippen molar-refractivity contribution in [1.29, 1.82) is 0 Å². The van der Waals surface area contributed by atoms with E-state index in [-0.39, 0.29) is 12.1 Å². The zero-order chi connectivity index (χ0) is 29.8. The summed E-state index contributed by atoms with van der Waals surface area (Å²) < 4.78 is 154. The maximum atomic E-state index is 14.5. The van der Waals surface area contributed by atoms with Crippen LogP contribution >= 0.6 is 46.4 Å². The molecule has 0 atom stereocenters. The Balaban J connectivity index is 3.00. The van der Waals surface area contributed by atoms with E-state index >= 15 is 0 Å². The summed E-state index contributed by atoms with van der Waals surface area (Å²) in [4.78, 5) is 25.6. The molecule has 0 fully saturated rings. The van der Waals surface area contributed by atoms with Crippen LogP contribution in [0.2, 0.25) is 20.1 Å². The Morgan fingerprint density at radius 1 is 0.605 bits per heavy atom. The van der Waals surface area contributed by atoms with Gasteiger partial charge in [-0.1, -0.05) is 46.4 Å². The van der Waals surface area contributed by atoms with Gasteiger partial charge in [0.15, 0.2) is 11.6 Å². The number of nitrogens with zero attached hydrogens (tertiary/aromatic N) is 2. The summed E-state index contributed by atoms with van der Waals surface area (Å²) in [7, 11) is -14.5. The van der Waals surface area contributed by atoms with Crippen LogP contribution < -0.4 is 8.61 Å². The van der Waals surface area contributed by atoms with Gasteiger partial charge in [0, 0.05) is 10.0 Å². The Hall–Kier alpha value is -2.12. The Kier molecular flexibility index (Phi) is 8.83. The number of sulfonamides is 2. The molecule has 0 unspecified atom stereocenters. The SMILES string of the molecule is O=C(C(=O)N(c1c(F)cc(Cl)cc1Cl)S(=O)(=O)C(F)(F)F)N(c1c(F)cc(Cl)cc1Cl)S(=O)(=O)C(F)(F)F. The minimum Gasteiger partial charge on any atom is -0.262 e. The van der Waals surface area contributed by atoms with E-state index < -0.39 is 94.6 Å². The van der Waals surface area contributed by atoms with Gasteiger partial charge in [-0.25, -0.2) is 8.78 Å². The zero-order valence-electron chi connectivity index (χ0n) is 17.0. The third kappa shape index (κ3) is 5.74. The molecule has 0 aromatic heterocycles. The van der Waals surface area contributed by atoms with Crippen LogP contribution in [-0.4, -0.2) is 39.7 Å². The van der Waals surface area contributed by atoms with Crippen LogP contribution in [0.5, 0.6) is 0 Å². The number of hydrogen-bond donors (Lipinski definition) is 0. The van der Waals surface area contributed by atoms with Gasteiger partial charge in [0.1, 0.15) is 11.4 Å². The van der Waals surface area contributed by atoms with Crippen molar-refractivity contribution in [1.82, 2.24) is 0 Å². The molecular formula is C16H4Cl4F8N2O6S2. The lowest BCUT2D eigenvalue weighted by molar-refractivity contribution is -0.135. The first-order valence-electron chi connectivity index (χ1n) is 8.57. The molecule has 0 radical (unpaired) electrons. The molecule has 0 heterocycles. The molecule has 22 heteroatoms. The number of carbonyl (C=O) groups excluding carboxylic acids is 2. The predicted molar refractivity (Wildman–Crippen MR) is 118 cm³/mol. The van der Waals surface area contributed by atoms with Crippen molar-refractivity contribution in [2.45, 2.75) is 11.0 Å². The minimum atomic E-state index is -7.27. The normalized spacial score (nSPS) is 12.8. The fourth-order valence-corrected chi connectivity index (χ4v) is 5.56. The first-order valence-corrected chi connectivity index (χ1v) is 13.0. The van der Waals surface area contributed by atoms with Gasteiger partial charge in [-0.05, 0) is 24.3 Å². The number of benzene rings is 2. The first kappa shape index (κ1) is 32.1. The maximum absolute atomic E-state index is 14.5. The van der Waals surface area contributed by atoms with E-state index in [0.29, 0.717) is 12.1 Å². The van der Waals surface area contributed by atoms with Gasteiger partial charge in [0.25, 0.3) is 0 Å². The highest BCUT2D eigenvalue weighted by atomic mass is 35.5. The number of rotatable bonds is 4. The highest BCUT2D eigenvalue weighted by molar-refractivity contribution is 7.95. The quantitative estimate of drug-likeness (QED) is 0.306. The van der Waals surface area contributed by atoms with Gasteiger partial charge < -0.3 is 0 Å². The molecule has 210 valence electrons. The molecule has 8 nitrogen and oxygen atoms in total. The second-order valence-electron chi connectivity index (χ2n) is 6.48. The van der Waals surface area contributed by atoms with Crippen LogP contribution in [0.15, 0.2) is 24.3 Å². The highest BCUT2D eigenvalue weighted by Crippen LogP contribution is 2.41. The van der Waals surface area contributed by atoms with Gasteiger partial charge in [-0.15, -0.1) is 0 Å². The first-order chi connectivity index (χ1) is 17.0. The number of carbonyl (C=O) groups is 2. The molecule has 0 aliphatic heterocycles. The smallest absolute Gasteiger partial charge is 0.262 e. The summed E-state index contributed by atoms with van der Waals surface area (Å²) in [5.74, 6) is -10.9. The Morgan fingerprint density at radius 2 is 0.868 bits per heavy atom. The molecule has 2 amide bonds. The average Bonchev–Trinajstić information content (AvgIpc) is 2.70. The van der Waals surface area contributed by atoms with Crippen LogP contribution in [0.25, 0.3) is 0 Å². The van der Waals surface area contributed by atoms with Crippen molar-refractivity contribution in [2.24, 2.45) is 0 Å². The molecule has 2 rings (SSSR count). The third-order valence-corrected chi connectivity index (χ3v) is 7.83. The molecule has 0 spiro atoms. The van der Waals surface area contributed by atoms with Crippen molar-refractivity contribution < 1.29 is 61.5 Å². The lowest BCUT2D eigenvalue weighted by atomic mass is 10.2. The zero-order valence-corrected chi connectivity index (χ0v) is 21.7. The number of hydrogen-bond acceptors (Lipinski definition) is 6. The van der Waals surface area contributed by atoms with Gasteiger partial charge in [-0.3, -0.25) is 9.59 Å². The highest BCUT2D eigenvalue weighted by Gasteiger charge is 2.59. The molecular weight excluding hydrogens is 674 g/mol. The lowest BCUT2D eigenvalue weighted by Gasteiger charge is -2.28. The Labute approximate surface area is 226 Å². The van der Waals surface area contributed by atoms with Crippen molar-refractivity contribution in [3.63, 3.8) is 0 Å². The van der Waals surface area contributed by atoms with Crippen LogP contribution in [-0.2, 0) is 29.6 Å². The molecule has 0 aliphatic carbocycles. The number of halogens is 12. The van der Waals surface area contributed by atoms with E-state index in [9.17, 15) is 61.5 Å². The predicted octanol–water partition coefficient (Wildman–Crippen LogP) is 5.64. The van der Waals surface area contributed by atoms with Crippen molar-refractivity contribution in [3.8, 4) is 0 Å². The van der Waals surface area contributed by atoms with Gasteiger partial charge in [0.05, 0.1) is 10.0 Å². The summed E-state index contributed by atoms with van der Waals surface area (Å²) in [6, 6.07) is 0.884. The van der Waals surface area contributed by atoms with E-state index in [4.69, 9.17) is 46.4 Å². The molecule has 0 saturated heterocycles. The topological polar surface area (TPSA) is 109 Å². The van der Waals surface area contributed by atoms with Crippen LogP contribution in [0, 0.1) is 11.6 Å². The maximum Gasteiger partial charge on any atom is 0.517 e. The number of amides is 2. The summed E-state index contributed by atoms with van der Waals surface area (Å²) in [6.45, 7) is 0. The fourth-order valence-electron chi connectivity index (χ4n) is 2.50. The Morgan fingerprint density at radius 3 is 1.08 bits per heavy atom. The van der Waals surface area contributed by atoms with Crippen LogP contribution in [0.4, 0.5) is 46.5 Å². The number of anilines is 2. The molecule has 2 aromatic carbocycles. The standard InChI is InChI=1S/C16H4Cl4F8N2O6S2/c17-5-1-7(19)11(9(21)3-5)29(37(33,34)15(23,24)25)13(31)14(32)30(38(35,36)16(26,27)28)12-8(20)2-6(18)4-10(12)22/h1-4H. The lowest BCUT2D eigenvalue weighted by Crippen LogP contribution is -2.55. The van der Waals surface area contributed by atoms with Crippen LogP contribution in [0.1, 0.15) is 0 Å². The Bertz CT molecular complexity index is 1390. The van der Waals surface area contributed by atoms with Crippen LogP contribution in [0.3, 0.4) is 0 Å². The summed E-state index contributed by atoms with van der Waals surface area (Å²) in [5, 5.41) is -4.22. The van der Waals surface area contributed by atoms with Crippen molar-refractivity contribution >= 4 is 89.6 Å². The number of alkyl halides is 6. The van der Waals surface area contributed by atoms with E-state index in [1.165, 1.54) is 0 Å². The van der Waals surface area contributed by atoms with E-state index in [1.807, 2.05) is 0 Å². The van der Waals surface area contributed by atoms with Gasteiger partial charge in [-0.2, -0.15) is 51.8 Å². The summed E-state index contributed by atoms with van der Waals surface area (Å²) >= 11 is 21.8. The van der Waals surface area contributed by atoms with E-state index in [2.05, 4.69) is 0 Å². The van der Waals surface area contributed by atoms with Gasteiger partial charge in [0.2, 0.25) is 0 Å². The van der Waals surface area contributed by atoms with E-state index in [0.717, 1.165) is 0 Å². The third-order valence-electron chi connectivity index (χ3n) is 3.99. The molecule has 2 aromatic rings.